The van der Waals surface area contributed by atoms with Crippen LogP contribution in [0.5, 0.6) is 0 Å². The molecule has 0 bridgehead atoms. The molecule has 0 aromatic carbocycles. The van der Waals surface area contributed by atoms with Crippen LogP contribution in [0.2, 0.25) is 0 Å². The van der Waals surface area contributed by atoms with Gasteiger partial charge in [-0.25, -0.2) is 0 Å². The highest BCUT2D eigenvalue weighted by atomic mass is 16.7. The Kier molecular flexibility index (Phi) is 4.05. The van der Waals surface area contributed by atoms with E-state index in [1.165, 1.54) is 12.8 Å². The first-order chi connectivity index (χ1) is 8.36. The second kappa shape index (κ2) is 5.10. The molecule has 2 aliphatic rings. The topological polar surface area (TPSA) is 30.5 Å². The Balaban J connectivity index is 1.90. The summed E-state index contributed by atoms with van der Waals surface area (Å²) in [5.74, 6) is 0.536. The molecule has 2 fully saturated rings. The molecular formula is C15H29NO2. The molecule has 1 saturated carbocycles. The van der Waals surface area contributed by atoms with Crippen LogP contribution in [0.25, 0.3) is 0 Å². The Morgan fingerprint density at radius 2 is 1.83 bits per heavy atom. The molecule has 0 aromatic rings. The molecule has 2 unspecified atom stereocenters. The Bertz CT molecular complexity index is 277. The van der Waals surface area contributed by atoms with E-state index in [4.69, 9.17) is 9.47 Å². The van der Waals surface area contributed by atoms with Gasteiger partial charge in [0.2, 0.25) is 0 Å². The molecule has 0 radical (unpaired) electrons. The lowest BCUT2D eigenvalue weighted by Crippen LogP contribution is -2.41. The molecule has 1 aliphatic heterocycles. The first-order valence-electron chi connectivity index (χ1n) is 7.35. The maximum Gasteiger partial charge on any atom is 0.169 e. The van der Waals surface area contributed by atoms with E-state index in [9.17, 15) is 0 Å². The first kappa shape index (κ1) is 14.3. The summed E-state index contributed by atoms with van der Waals surface area (Å²) < 4.78 is 12.2. The van der Waals surface area contributed by atoms with Gasteiger partial charge in [0.15, 0.2) is 5.79 Å². The van der Waals surface area contributed by atoms with Crippen molar-refractivity contribution >= 4 is 0 Å². The zero-order valence-electron chi connectivity index (χ0n) is 12.6. The molecule has 106 valence electrons. The molecule has 18 heavy (non-hydrogen) atoms. The van der Waals surface area contributed by atoms with Gasteiger partial charge in [-0.2, -0.15) is 0 Å². The van der Waals surface area contributed by atoms with Gasteiger partial charge in [-0.15, -0.1) is 0 Å². The molecule has 0 amide bonds. The van der Waals surface area contributed by atoms with Gasteiger partial charge in [0.05, 0.1) is 12.7 Å². The molecule has 1 spiro atoms. The van der Waals surface area contributed by atoms with Crippen LogP contribution in [-0.4, -0.2) is 31.6 Å². The zero-order chi connectivity index (χ0) is 13.4. The SMILES string of the molecule is CNC(C)C1COC2(CCC(C(C)(C)C)CC2)O1. The summed E-state index contributed by atoms with van der Waals surface area (Å²) in [6.45, 7) is 9.93. The van der Waals surface area contributed by atoms with E-state index in [-0.39, 0.29) is 11.9 Å². The molecule has 1 heterocycles. The van der Waals surface area contributed by atoms with E-state index in [1.54, 1.807) is 0 Å². The third kappa shape index (κ3) is 2.89. The summed E-state index contributed by atoms with van der Waals surface area (Å²) in [5, 5.41) is 3.26. The first-order valence-corrected chi connectivity index (χ1v) is 7.35. The second-order valence-electron chi connectivity index (χ2n) is 7.10. The smallest absolute Gasteiger partial charge is 0.169 e. The average molecular weight is 255 g/mol. The lowest BCUT2D eigenvalue weighted by molar-refractivity contribution is -0.198. The fourth-order valence-corrected chi connectivity index (χ4v) is 3.20. The third-order valence-electron chi connectivity index (χ3n) is 4.86. The van der Waals surface area contributed by atoms with Gasteiger partial charge in [-0.05, 0) is 38.1 Å². The highest BCUT2D eigenvalue weighted by Crippen LogP contribution is 2.45. The minimum atomic E-state index is -0.266. The number of hydrogen-bond acceptors (Lipinski definition) is 3. The zero-order valence-corrected chi connectivity index (χ0v) is 12.6. The molecule has 1 N–H and O–H groups in total. The maximum absolute atomic E-state index is 6.22. The van der Waals surface area contributed by atoms with E-state index in [2.05, 4.69) is 33.0 Å². The number of hydrogen-bond donors (Lipinski definition) is 1. The van der Waals surface area contributed by atoms with Crippen LogP contribution in [0.15, 0.2) is 0 Å². The van der Waals surface area contributed by atoms with Crippen molar-refractivity contribution in [2.75, 3.05) is 13.7 Å². The van der Waals surface area contributed by atoms with Crippen LogP contribution in [0.4, 0.5) is 0 Å². The number of likely N-dealkylation sites (N-methyl/N-ethyl adjacent to an activating group) is 1. The van der Waals surface area contributed by atoms with Crippen LogP contribution >= 0.6 is 0 Å². The molecule has 2 rings (SSSR count). The van der Waals surface area contributed by atoms with Gasteiger partial charge in [0.1, 0.15) is 0 Å². The lowest BCUT2D eigenvalue weighted by atomic mass is 9.71. The van der Waals surface area contributed by atoms with E-state index in [0.717, 1.165) is 25.4 Å². The standard InChI is InChI=1S/C15H29NO2/c1-11(16-5)13-10-17-15(18-13)8-6-12(7-9-15)14(2,3)4/h11-13,16H,6-10H2,1-5H3. The molecule has 3 heteroatoms. The predicted molar refractivity (Wildman–Crippen MR) is 73.5 cm³/mol. The predicted octanol–water partition coefficient (Wildman–Crippen LogP) is 2.94. The minimum Gasteiger partial charge on any atom is -0.347 e. The maximum atomic E-state index is 6.22. The van der Waals surface area contributed by atoms with Gasteiger partial charge in [-0.3, -0.25) is 0 Å². The van der Waals surface area contributed by atoms with Crippen LogP contribution < -0.4 is 5.32 Å². The van der Waals surface area contributed by atoms with Crippen molar-refractivity contribution in [2.45, 2.75) is 71.3 Å². The summed E-state index contributed by atoms with van der Waals surface area (Å²) in [6, 6.07) is 0.365. The van der Waals surface area contributed by atoms with Crippen molar-refractivity contribution in [1.29, 1.82) is 0 Å². The van der Waals surface area contributed by atoms with Gasteiger partial charge >= 0.3 is 0 Å². The van der Waals surface area contributed by atoms with Gasteiger partial charge in [-0.1, -0.05) is 20.8 Å². The number of rotatable bonds is 2. The normalized spacial score (nSPS) is 39.2. The monoisotopic (exact) mass is 255 g/mol. The Morgan fingerprint density at radius 3 is 2.33 bits per heavy atom. The van der Waals surface area contributed by atoms with Crippen molar-refractivity contribution < 1.29 is 9.47 Å². The average Bonchev–Trinajstić information content (AvgIpc) is 2.72. The van der Waals surface area contributed by atoms with E-state index < -0.39 is 0 Å². The second-order valence-corrected chi connectivity index (χ2v) is 7.10. The highest BCUT2D eigenvalue weighted by Gasteiger charge is 2.46. The summed E-state index contributed by atoms with van der Waals surface area (Å²) in [4.78, 5) is 0. The number of nitrogens with one attached hydrogen (secondary N) is 1. The number of ether oxygens (including phenoxy) is 2. The van der Waals surface area contributed by atoms with Crippen molar-refractivity contribution in [2.24, 2.45) is 11.3 Å². The fraction of sp³-hybridized carbons (Fsp3) is 1.00. The largest absolute Gasteiger partial charge is 0.347 e. The van der Waals surface area contributed by atoms with Crippen molar-refractivity contribution in [3.05, 3.63) is 0 Å². The lowest BCUT2D eigenvalue weighted by Gasteiger charge is -2.41. The van der Waals surface area contributed by atoms with Gasteiger partial charge < -0.3 is 14.8 Å². The summed E-state index contributed by atoms with van der Waals surface area (Å²) >= 11 is 0. The van der Waals surface area contributed by atoms with E-state index in [1.807, 2.05) is 7.05 Å². The highest BCUT2D eigenvalue weighted by molar-refractivity contribution is 4.90. The molecular weight excluding hydrogens is 226 g/mol. The molecule has 0 aromatic heterocycles. The quantitative estimate of drug-likeness (QED) is 0.823. The summed E-state index contributed by atoms with van der Waals surface area (Å²) in [6.07, 6.45) is 4.78. The van der Waals surface area contributed by atoms with E-state index >= 15 is 0 Å². The van der Waals surface area contributed by atoms with Crippen LogP contribution in [0.1, 0.15) is 53.4 Å². The third-order valence-corrected chi connectivity index (χ3v) is 4.86. The van der Waals surface area contributed by atoms with Crippen molar-refractivity contribution in [3.63, 3.8) is 0 Å². The molecule has 2 atom stereocenters. The van der Waals surface area contributed by atoms with Crippen molar-refractivity contribution in [3.8, 4) is 0 Å². The van der Waals surface area contributed by atoms with Crippen LogP contribution in [-0.2, 0) is 9.47 Å². The van der Waals surface area contributed by atoms with Crippen molar-refractivity contribution in [1.82, 2.24) is 5.32 Å². The van der Waals surface area contributed by atoms with Gasteiger partial charge in [0, 0.05) is 18.9 Å². The Hall–Kier alpha value is -0.120. The molecule has 1 saturated heterocycles. The molecule has 3 nitrogen and oxygen atoms in total. The fourth-order valence-electron chi connectivity index (χ4n) is 3.20. The molecule has 1 aliphatic carbocycles. The Morgan fingerprint density at radius 1 is 1.22 bits per heavy atom. The van der Waals surface area contributed by atoms with Crippen LogP contribution in [0, 0.1) is 11.3 Å². The van der Waals surface area contributed by atoms with Crippen LogP contribution in [0.3, 0.4) is 0 Å². The summed E-state index contributed by atoms with van der Waals surface area (Å²) in [5.41, 5.74) is 0.415. The van der Waals surface area contributed by atoms with E-state index in [0.29, 0.717) is 11.5 Å². The minimum absolute atomic E-state index is 0.209. The van der Waals surface area contributed by atoms with Gasteiger partial charge in [0.25, 0.3) is 0 Å². The Labute approximate surface area is 112 Å². The summed E-state index contributed by atoms with van der Waals surface area (Å²) in [7, 11) is 1.98.